The highest BCUT2D eigenvalue weighted by Gasteiger charge is 2.13. The fourth-order valence-electron chi connectivity index (χ4n) is 1.30. The zero-order valence-corrected chi connectivity index (χ0v) is 10.7. The monoisotopic (exact) mass is 278 g/mol. The van der Waals surface area contributed by atoms with Crippen LogP contribution in [0.3, 0.4) is 0 Å². The van der Waals surface area contributed by atoms with Crippen molar-refractivity contribution in [3.8, 4) is 0 Å². The van der Waals surface area contributed by atoms with Crippen molar-refractivity contribution < 1.29 is 9.90 Å². The number of benzene rings is 1. The number of aliphatic carboxylic acids is 1. The summed E-state index contributed by atoms with van der Waals surface area (Å²) in [6.07, 6.45) is 0.503. The molecule has 0 aliphatic rings. The fourth-order valence-corrected chi connectivity index (χ4v) is 1.84. The Kier molecular flexibility index (Phi) is 4.66. The Hall–Kier alpha value is -0.700. The Morgan fingerprint density at radius 3 is 2.38 bits per heavy atom. The van der Waals surface area contributed by atoms with E-state index in [1.165, 1.54) is 0 Å². The minimum atomic E-state index is -1.15. The molecule has 0 saturated heterocycles. The van der Waals surface area contributed by atoms with E-state index in [9.17, 15) is 4.79 Å². The summed E-state index contributed by atoms with van der Waals surface area (Å²) in [5.41, 5.74) is 1.21. The number of carboxylic acids is 1. The molecule has 0 bridgehead atoms. The number of allylic oxidation sites excluding steroid dienone is 1. The van der Waals surface area contributed by atoms with E-state index in [4.69, 9.17) is 39.9 Å². The van der Waals surface area contributed by atoms with Crippen molar-refractivity contribution >= 4 is 46.3 Å². The van der Waals surface area contributed by atoms with Gasteiger partial charge >= 0.3 is 5.97 Å². The van der Waals surface area contributed by atoms with Gasteiger partial charge in [-0.25, -0.2) is 4.79 Å². The molecule has 0 aliphatic heterocycles. The summed E-state index contributed by atoms with van der Waals surface area (Å²) in [6.45, 7) is 1.82. The molecule has 86 valence electrons. The van der Waals surface area contributed by atoms with Crippen LogP contribution < -0.4 is 0 Å². The van der Waals surface area contributed by atoms with Gasteiger partial charge in [0.15, 0.2) is 0 Å². The molecule has 0 atom stereocenters. The number of carbonyl (C=O) groups is 1. The summed E-state index contributed by atoms with van der Waals surface area (Å²) in [4.78, 5) is 10.8. The summed E-state index contributed by atoms with van der Waals surface area (Å²) in [5, 5.41) is 9.42. The van der Waals surface area contributed by atoms with Crippen LogP contribution in [0.25, 0.3) is 5.57 Å². The first-order chi connectivity index (χ1) is 7.47. The highest BCUT2D eigenvalue weighted by molar-refractivity contribution is 6.44. The third-order valence-electron chi connectivity index (χ3n) is 2.07. The van der Waals surface area contributed by atoms with E-state index in [1.54, 1.807) is 18.2 Å². The van der Waals surface area contributed by atoms with Gasteiger partial charge in [0.1, 0.15) is 5.03 Å². The number of hydrogen-bond acceptors (Lipinski definition) is 1. The molecule has 0 saturated carbocycles. The van der Waals surface area contributed by atoms with Gasteiger partial charge in [-0.05, 0) is 29.7 Å². The van der Waals surface area contributed by atoms with Crippen LogP contribution in [0.4, 0.5) is 0 Å². The van der Waals surface area contributed by atoms with Crippen LogP contribution in [0.2, 0.25) is 10.0 Å². The van der Waals surface area contributed by atoms with Gasteiger partial charge in [0.05, 0.1) is 10.0 Å². The number of halogens is 3. The van der Waals surface area contributed by atoms with Gasteiger partial charge in [-0.15, -0.1) is 0 Å². The lowest BCUT2D eigenvalue weighted by atomic mass is 10.0. The molecule has 1 aromatic carbocycles. The SMILES string of the molecule is CCC(=C(Cl)C(=O)O)c1ccc(Cl)c(Cl)c1. The van der Waals surface area contributed by atoms with Crippen LogP contribution in [-0.4, -0.2) is 11.1 Å². The van der Waals surface area contributed by atoms with E-state index >= 15 is 0 Å². The van der Waals surface area contributed by atoms with Crippen molar-refractivity contribution in [2.45, 2.75) is 13.3 Å². The second-order valence-corrected chi connectivity index (χ2v) is 4.27. The van der Waals surface area contributed by atoms with Crippen LogP contribution >= 0.6 is 34.8 Å². The molecule has 0 aromatic heterocycles. The van der Waals surface area contributed by atoms with Gasteiger partial charge in [-0.1, -0.05) is 47.8 Å². The quantitative estimate of drug-likeness (QED) is 0.831. The Bertz CT molecular complexity index is 453. The lowest BCUT2D eigenvalue weighted by molar-refractivity contribution is -0.131. The minimum Gasteiger partial charge on any atom is -0.477 e. The molecular weight excluding hydrogens is 270 g/mol. The van der Waals surface area contributed by atoms with Gasteiger partial charge in [-0.3, -0.25) is 0 Å². The Balaban J connectivity index is 3.30. The molecule has 0 fully saturated rings. The topological polar surface area (TPSA) is 37.3 Å². The van der Waals surface area contributed by atoms with Gasteiger partial charge in [0.25, 0.3) is 0 Å². The summed E-state index contributed by atoms with van der Waals surface area (Å²) in [7, 11) is 0. The van der Waals surface area contributed by atoms with E-state index in [2.05, 4.69) is 0 Å². The maximum atomic E-state index is 10.8. The lowest BCUT2D eigenvalue weighted by Crippen LogP contribution is -1.98. The molecule has 1 N–H and O–H groups in total. The van der Waals surface area contributed by atoms with Gasteiger partial charge in [0, 0.05) is 0 Å². The van der Waals surface area contributed by atoms with Crippen molar-refractivity contribution in [3.63, 3.8) is 0 Å². The second-order valence-electron chi connectivity index (χ2n) is 3.08. The van der Waals surface area contributed by atoms with Crippen LogP contribution in [0, 0.1) is 0 Å². The van der Waals surface area contributed by atoms with Crippen LogP contribution in [0.15, 0.2) is 23.2 Å². The van der Waals surface area contributed by atoms with Crippen LogP contribution in [-0.2, 0) is 4.79 Å². The summed E-state index contributed by atoms with van der Waals surface area (Å²) >= 11 is 17.3. The van der Waals surface area contributed by atoms with Crippen LogP contribution in [0.1, 0.15) is 18.9 Å². The Morgan fingerprint density at radius 2 is 1.94 bits per heavy atom. The number of hydrogen-bond donors (Lipinski definition) is 1. The highest BCUT2D eigenvalue weighted by atomic mass is 35.5. The van der Waals surface area contributed by atoms with E-state index < -0.39 is 5.97 Å². The molecule has 0 amide bonds. The molecule has 0 heterocycles. The standard InChI is InChI=1S/C11H9Cl3O2/c1-2-7(10(14)11(15)16)6-3-4-8(12)9(13)5-6/h3-5H,2H2,1H3,(H,15,16). The molecular formula is C11H9Cl3O2. The smallest absolute Gasteiger partial charge is 0.347 e. The van der Waals surface area contributed by atoms with E-state index in [0.29, 0.717) is 27.6 Å². The van der Waals surface area contributed by atoms with E-state index in [0.717, 1.165) is 0 Å². The van der Waals surface area contributed by atoms with E-state index in [1.807, 2.05) is 6.92 Å². The predicted molar refractivity (Wildman–Crippen MR) is 67.2 cm³/mol. The first-order valence-electron chi connectivity index (χ1n) is 4.54. The molecule has 1 aromatic rings. The Morgan fingerprint density at radius 1 is 1.31 bits per heavy atom. The highest BCUT2D eigenvalue weighted by Crippen LogP contribution is 2.30. The molecule has 0 radical (unpaired) electrons. The second kappa shape index (κ2) is 5.58. The lowest BCUT2D eigenvalue weighted by Gasteiger charge is -2.07. The van der Waals surface area contributed by atoms with Crippen molar-refractivity contribution in [1.82, 2.24) is 0 Å². The average Bonchev–Trinajstić information content (AvgIpc) is 2.24. The molecule has 5 heteroatoms. The average molecular weight is 280 g/mol. The van der Waals surface area contributed by atoms with Gasteiger partial charge < -0.3 is 5.11 Å². The molecule has 2 nitrogen and oxygen atoms in total. The normalized spacial score (nSPS) is 12.2. The van der Waals surface area contributed by atoms with Gasteiger partial charge in [0.2, 0.25) is 0 Å². The first kappa shape index (κ1) is 13.4. The third-order valence-corrected chi connectivity index (χ3v) is 3.20. The predicted octanol–water partition coefficient (Wildman–Crippen LogP) is 4.44. The van der Waals surface area contributed by atoms with E-state index in [-0.39, 0.29) is 5.03 Å². The fraction of sp³-hybridized carbons (Fsp3) is 0.182. The maximum absolute atomic E-state index is 10.8. The summed E-state index contributed by atoms with van der Waals surface area (Å²) in [5.74, 6) is -1.15. The number of carboxylic acid groups (broad SMARTS) is 1. The van der Waals surface area contributed by atoms with Crippen molar-refractivity contribution in [1.29, 1.82) is 0 Å². The molecule has 0 unspecified atom stereocenters. The Labute approximate surface area is 108 Å². The summed E-state index contributed by atoms with van der Waals surface area (Å²) in [6, 6.07) is 4.91. The van der Waals surface area contributed by atoms with Crippen molar-refractivity contribution in [3.05, 3.63) is 38.8 Å². The van der Waals surface area contributed by atoms with Gasteiger partial charge in [-0.2, -0.15) is 0 Å². The number of rotatable bonds is 3. The van der Waals surface area contributed by atoms with Crippen molar-refractivity contribution in [2.75, 3.05) is 0 Å². The summed E-state index contributed by atoms with van der Waals surface area (Å²) < 4.78 is 0. The zero-order chi connectivity index (χ0) is 12.3. The molecule has 0 spiro atoms. The minimum absolute atomic E-state index is 0.194. The first-order valence-corrected chi connectivity index (χ1v) is 5.68. The van der Waals surface area contributed by atoms with Crippen molar-refractivity contribution in [2.24, 2.45) is 0 Å². The third kappa shape index (κ3) is 2.91. The zero-order valence-electron chi connectivity index (χ0n) is 8.43. The molecule has 1 rings (SSSR count). The largest absolute Gasteiger partial charge is 0.477 e. The maximum Gasteiger partial charge on any atom is 0.347 e. The van der Waals surface area contributed by atoms with Crippen LogP contribution in [0.5, 0.6) is 0 Å². The molecule has 0 aliphatic carbocycles. The molecule has 16 heavy (non-hydrogen) atoms.